The molecule has 4 rings (SSSR count). The van der Waals surface area contributed by atoms with Crippen molar-refractivity contribution in [3.63, 3.8) is 0 Å². The molecule has 0 bridgehead atoms. The molecule has 4 aromatic rings. The Balaban J connectivity index is 1.76. The summed E-state index contributed by atoms with van der Waals surface area (Å²) >= 11 is 0. The number of hydrogen-bond acceptors (Lipinski definition) is 4. The summed E-state index contributed by atoms with van der Waals surface area (Å²) in [4.78, 5) is 21.8. The highest BCUT2D eigenvalue weighted by molar-refractivity contribution is 6.08. The zero-order valence-electron chi connectivity index (χ0n) is 14.3. The van der Waals surface area contributed by atoms with Gasteiger partial charge in [-0.3, -0.25) is 10.1 Å². The fraction of sp³-hybridized carbons (Fsp3) is 0.222. The van der Waals surface area contributed by atoms with Crippen molar-refractivity contribution in [2.75, 3.05) is 5.32 Å². The number of carbonyl (C=O) groups is 1. The number of rotatable bonds is 3. The van der Waals surface area contributed by atoms with E-state index in [9.17, 15) is 4.79 Å². The van der Waals surface area contributed by atoms with Gasteiger partial charge in [-0.25, -0.2) is 14.5 Å². The number of para-hydroxylation sites is 2. The first-order chi connectivity index (χ1) is 12.1. The minimum absolute atomic E-state index is 0.266. The third-order valence-electron chi connectivity index (χ3n) is 4.22. The van der Waals surface area contributed by atoms with Crippen molar-refractivity contribution in [1.82, 2.24) is 24.1 Å². The zero-order chi connectivity index (χ0) is 17.6. The first-order valence-corrected chi connectivity index (χ1v) is 8.17. The van der Waals surface area contributed by atoms with E-state index in [1.54, 1.807) is 10.7 Å². The lowest BCUT2D eigenvalue weighted by Crippen LogP contribution is -2.16. The number of amides is 1. The molecule has 0 aliphatic carbocycles. The highest BCUT2D eigenvalue weighted by Crippen LogP contribution is 2.20. The highest BCUT2D eigenvalue weighted by atomic mass is 16.1. The average Bonchev–Trinajstić information content (AvgIpc) is 3.15. The lowest BCUT2D eigenvalue weighted by atomic mass is 10.3. The Bertz CT molecular complexity index is 1110. The van der Waals surface area contributed by atoms with Crippen LogP contribution in [0.2, 0.25) is 0 Å². The molecule has 0 aliphatic heterocycles. The Morgan fingerprint density at radius 3 is 2.80 bits per heavy atom. The maximum absolute atomic E-state index is 12.8. The van der Waals surface area contributed by atoms with Gasteiger partial charge in [0, 0.05) is 17.9 Å². The largest absolute Gasteiger partial charge is 0.310 e. The molecule has 0 spiro atoms. The molecule has 7 nitrogen and oxygen atoms in total. The number of nitrogens with one attached hydrogen (secondary N) is 1. The van der Waals surface area contributed by atoms with Gasteiger partial charge in [0.15, 0.2) is 5.65 Å². The predicted octanol–water partition coefficient (Wildman–Crippen LogP) is 2.97. The molecular weight excluding hydrogens is 316 g/mol. The lowest BCUT2D eigenvalue weighted by molar-refractivity contribution is 0.102. The summed E-state index contributed by atoms with van der Waals surface area (Å²) in [6.07, 6.45) is 1.54. The first kappa shape index (κ1) is 15.3. The van der Waals surface area contributed by atoms with Crippen LogP contribution in [-0.4, -0.2) is 30.1 Å². The van der Waals surface area contributed by atoms with E-state index in [4.69, 9.17) is 0 Å². The van der Waals surface area contributed by atoms with Gasteiger partial charge >= 0.3 is 0 Å². The van der Waals surface area contributed by atoms with Crippen LogP contribution in [0.15, 0.2) is 36.5 Å². The third-order valence-corrected chi connectivity index (χ3v) is 4.22. The molecule has 0 aliphatic rings. The van der Waals surface area contributed by atoms with Crippen molar-refractivity contribution < 1.29 is 4.79 Å². The molecule has 0 radical (unpaired) electrons. The van der Waals surface area contributed by atoms with Crippen LogP contribution in [0.5, 0.6) is 0 Å². The SMILES string of the molecule is CCn1c(NC(=O)c2cnn3c(C)cc(C)nc23)nc2ccccc21. The second kappa shape index (κ2) is 5.70. The van der Waals surface area contributed by atoms with Crippen LogP contribution in [0.1, 0.15) is 28.7 Å². The van der Waals surface area contributed by atoms with Gasteiger partial charge in [-0.15, -0.1) is 0 Å². The van der Waals surface area contributed by atoms with Crippen molar-refractivity contribution in [2.45, 2.75) is 27.3 Å². The van der Waals surface area contributed by atoms with Crippen LogP contribution >= 0.6 is 0 Å². The number of hydrogen-bond donors (Lipinski definition) is 1. The van der Waals surface area contributed by atoms with E-state index in [-0.39, 0.29) is 5.91 Å². The Hall–Kier alpha value is -3.22. The second-order valence-electron chi connectivity index (χ2n) is 5.96. The third kappa shape index (κ3) is 2.44. The van der Waals surface area contributed by atoms with Gasteiger partial charge in [-0.2, -0.15) is 5.10 Å². The fourth-order valence-electron chi connectivity index (χ4n) is 3.09. The zero-order valence-corrected chi connectivity index (χ0v) is 14.3. The summed E-state index contributed by atoms with van der Waals surface area (Å²) in [6.45, 7) is 6.57. The molecule has 1 aromatic carbocycles. The number of anilines is 1. The van der Waals surface area contributed by atoms with E-state index in [0.29, 0.717) is 23.7 Å². The second-order valence-corrected chi connectivity index (χ2v) is 5.96. The molecule has 0 atom stereocenters. The monoisotopic (exact) mass is 334 g/mol. The maximum Gasteiger partial charge on any atom is 0.263 e. The molecule has 3 aromatic heterocycles. The van der Waals surface area contributed by atoms with E-state index >= 15 is 0 Å². The summed E-state index contributed by atoms with van der Waals surface area (Å²) in [6, 6.07) is 9.74. The quantitative estimate of drug-likeness (QED) is 0.625. The molecule has 3 heterocycles. The molecule has 0 saturated heterocycles. The minimum Gasteiger partial charge on any atom is -0.310 e. The standard InChI is InChI=1S/C18H18N6O/c1-4-23-15-8-6-5-7-14(15)21-18(23)22-17(25)13-10-19-24-12(3)9-11(2)20-16(13)24/h5-10H,4H2,1-3H3,(H,21,22,25). The number of benzene rings is 1. The van der Waals surface area contributed by atoms with Crippen molar-refractivity contribution >= 4 is 28.5 Å². The number of carbonyl (C=O) groups excluding carboxylic acids is 1. The van der Waals surface area contributed by atoms with Crippen LogP contribution in [-0.2, 0) is 6.54 Å². The van der Waals surface area contributed by atoms with Gasteiger partial charge in [-0.1, -0.05) is 12.1 Å². The molecular formula is C18H18N6O. The van der Waals surface area contributed by atoms with E-state index in [1.807, 2.05) is 55.7 Å². The van der Waals surface area contributed by atoms with Crippen LogP contribution < -0.4 is 5.32 Å². The number of nitrogens with zero attached hydrogens (tertiary/aromatic N) is 5. The highest BCUT2D eigenvalue weighted by Gasteiger charge is 2.18. The Labute approximate surface area is 144 Å². The smallest absolute Gasteiger partial charge is 0.263 e. The van der Waals surface area contributed by atoms with Crippen LogP contribution in [0.25, 0.3) is 16.7 Å². The molecule has 1 amide bonds. The summed E-state index contributed by atoms with van der Waals surface area (Å²) in [7, 11) is 0. The topological polar surface area (TPSA) is 77.1 Å². The first-order valence-electron chi connectivity index (χ1n) is 8.17. The molecule has 0 unspecified atom stereocenters. The van der Waals surface area contributed by atoms with E-state index < -0.39 is 0 Å². The van der Waals surface area contributed by atoms with Crippen molar-refractivity contribution in [2.24, 2.45) is 0 Å². The Morgan fingerprint density at radius 2 is 2.00 bits per heavy atom. The van der Waals surface area contributed by atoms with Crippen LogP contribution in [0.4, 0.5) is 5.95 Å². The van der Waals surface area contributed by atoms with Gasteiger partial charge in [-0.05, 0) is 39.0 Å². The van der Waals surface area contributed by atoms with Crippen molar-refractivity contribution in [3.8, 4) is 0 Å². The number of aromatic nitrogens is 5. The van der Waals surface area contributed by atoms with Gasteiger partial charge in [0.1, 0.15) is 5.56 Å². The normalized spacial score (nSPS) is 11.3. The molecule has 0 fully saturated rings. The average molecular weight is 334 g/mol. The Kier molecular flexibility index (Phi) is 3.49. The van der Waals surface area contributed by atoms with E-state index in [1.165, 1.54) is 0 Å². The van der Waals surface area contributed by atoms with E-state index in [2.05, 4.69) is 20.4 Å². The Morgan fingerprint density at radius 1 is 1.20 bits per heavy atom. The lowest BCUT2D eigenvalue weighted by Gasteiger charge is -2.07. The summed E-state index contributed by atoms with van der Waals surface area (Å²) in [5, 5.41) is 7.18. The summed E-state index contributed by atoms with van der Waals surface area (Å²) in [5.74, 6) is 0.259. The van der Waals surface area contributed by atoms with Gasteiger partial charge in [0.05, 0.1) is 17.2 Å². The number of imidazole rings is 1. The maximum atomic E-state index is 12.8. The minimum atomic E-state index is -0.266. The van der Waals surface area contributed by atoms with Gasteiger partial charge in [0.25, 0.3) is 5.91 Å². The van der Waals surface area contributed by atoms with Crippen LogP contribution in [0, 0.1) is 13.8 Å². The summed E-state index contributed by atoms with van der Waals surface area (Å²) in [5.41, 5.74) is 4.60. The van der Waals surface area contributed by atoms with Gasteiger partial charge < -0.3 is 4.57 Å². The molecule has 7 heteroatoms. The van der Waals surface area contributed by atoms with Gasteiger partial charge in [0.2, 0.25) is 5.95 Å². The molecule has 0 saturated carbocycles. The van der Waals surface area contributed by atoms with Crippen molar-refractivity contribution in [3.05, 3.63) is 53.5 Å². The molecule has 25 heavy (non-hydrogen) atoms. The van der Waals surface area contributed by atoms with E-state index in [0.717, 1.165) is 22.4 Å². The van der Waals surface area contributed by atoms with Crippen LogP contribution in [0.3, 0.4) is 0 Å². The molecule has 1 N–H and O–H groups in total. The fourth-order valence-corrected chi connectivity index (χ4v) is 3.09. The number of fused-ring (bicyclic) bond motifs is 2. The molecule has 126 valence electrons. The summed E-state index contributed by atoms with van der Waals surface area (Å²) < 4.78 is 3.65. The van der Waals surface area contributed by atoms with Crippen molar-refractivity contribution in [1.29, 1.82) is 0 Å². The predicted molar refractivity (Wildman–Crippen MR) is 95.8 cm³/mol. The number of aryl methyl sites for hydroxylation is 3.